The third-order valence-corrected chi connectivity index (χ3v) is 5.79. The second-order valence-electron chi connectivity index (χ2n) is 5.41. The normalized spacial score (nSPS) is 19.6. The molecule has 2 rings (SSSR count). The number of hydrogen-bond donors (Lipinski definition) is 1. The average Bonchev–Trinajstić information content (AvgIpc) is 2.54. The summed E-state index contributed by atoms with van der Waals surface area (Å²) in [5, 5.41) is 12.0. The first-order valence-electron chi connectivity index (χ1n) is 7.25. The first kappa shape index (κ1) is 16.7. The van der Waals surface area contributed by atoms with Gasteiger partial charge in [0.05, 0.1) is 18.7 Å². The van der Waals surface area contributed by atoms with E-state index < -0.39 is 10.0 Å². The van der Waals surface area contributed by atoms with Gasteiger partial charge in [-0.25, -0.2) is 8.42 Å². The van der Waals surface area contributed by atoms with Crippen LogP contribution >= 0.6 is 0 Å². The molecule has 1 aromatic rings. The average molecular weight is 323 g/mol. The first-order valence-corrected chi connectivity index (χ1v) is 8.69. The second kappa shape index (κ2) is 7.09. The van der Waals surface area contributed by atoms with Crippen molar-refractivity contribution in [3.63, 3.8) is 0 Å². The Kier molecular flexibility index (Phi) is 5.40. The van der Waals surface area contributed by atoms with Gasteiger partial charge in [0.2, 0.25) is 10.0 Å². The van der Waals surface area contributed by atoms with Crippen molar-refractivity contribution in [3.8, 4) is 11.8 Å². The Bertz CT molecular complexity index is 665. The van der Waals surface area contributed by atoms with E-state index in [1.54, 1.807) is 0 Å². The molecule has 0 bridgehead atoms. The van der Waals surface area contributed by atoms with Crippen LogP contribution in [0.3, 0.4) is 0 Å². The van der Waals surface area contributed by atoms with Gasteiger partial charge >= 0.3 is 0 Å². The van der Waals surface area contributed by atoms with E-state index in [4.69, 9.17) is 10.00 Å². The molecule has 1 aliphatic rings. The van der Waals surface area contributed by atoms with E-state index >= 15 is 0 Å². The first-order chi connectivity index (χ1) is 10.5. The third kappa shape index (κ3) is 3.40. The van der Waals surface area contributed by atoms with Gasteiger partial charge in [-0.3, -0.25) is 0 Å². The van der Waals surface area contributed by atoms with Gasteiger partial charge in [0.15, 0.2) is 0 Å². The Balaban J connectivity index is 2.32. The molecule has 0 amide bonds. The van der Waals surface area contributed by atoms with E-state index in [0.29, 0.717) is 24.6 Å². The van der Waals surface area contributed by atoms with Crippen LogP contribution in [0.2, 0.25) is 0 Å². The van der Waals surface area contributed by atoms with Crippen molar-refractivity contribution < 1.29 is 13.2 Å². The Morgan fingerprint density at radius 2 is 2.27 bits per heavy atom. The smallest absolute Gasteiger partial charge is 0.246 e. The van der Waals surface area contributed by atoms with Gasteiger partial charge in [-0.05, 0) is 50.6 Å². The Labute approximate surface area is 131 Å². The van der Waals surface area contributed by atoms with Crippen LogP contribution in [-0.4, -0.2) is 46.5 Å². The molecule has 22 heavy (non-hydrogen) atoms. The number of rotatable bonds is 5. The molecule has 0 aromatic heterocycles. The van der Waals surface area contributed by atoms with E-state index in [1.807, 2.05) is 13.1 Å². The molecule has 1 aromatic carbocycles. The summed E-state index contributed by atoms with van der Waals surface area (Å²) in [5.74, 6) is 0.535. The molecule has 1 atom stereocenters. The van der Waals surface area contributed by atoms with E-state index in [0.717, 1.165) is 19.4 Å². The lowest BCUT2D eigenvalue weighted by atomic mass is 10.00. The summed E-state index contributed by atoms with van der Waals surface area (Å²) in [5.41, 5.74) is 0.377. The van der Waals surface area contributed by atoms with Gasteiger partial charge in [0.1, 0.15) is 10.6 Å². The highest BCUT2D eigenvalue weighted by atomic mass is 32.2. The predicted molar refractivity (Wildman–Crippen MR) is 83.1 cm³/mol. The van der Waals surface area contributed by atoms with Gasteiger partial charge in [0, 0.05) is 13.1 Å². The number of benzene rings is 1. The molecule has 1 heterocycles. The van der Waals surface area contributed by atoms with Crippen LogP contribution < -0.4 is 10.1 Å². The molecule has 0 saturated carbocycles. The summed E-state index contributed by atoms with van der Waals surface area (Å²) in [7, 11) is -0.326. The zero-order valence-electron chi connectivity index (χ0n) is 12.9. The maximum atomic E-state index is 12.9. The molecule has 7 heteroatoms. The lowest BCUT2D eigenvalue weighted by molar-refractivity contribution is 0.262. The summed E-state index contributed by atoms with van der Waals surface area (Å²) >= 11 is 0. The Morgan fingerprint density at radius 3 is 2.91 bits per heavy atom. The summed E-state index contributed by atoms with van der Waals surface area (Å²) in [6, 6.07) is 6.40. The minimum Gasteiger partial charge on any atom is -0.495 e. The van der Waals surface area contributed by atoms with E-state index in [2.05, 4.69) is 5.32 Å². The molecule has 0 spiro atoms. The van der Waals surface area contributed by atoms with Gasteiger partial charge in [-0.2, -0.15) is 9.57 Å². The number of sulfonamides is 1. The number of nitrogens with zero attached hydrogens (tertiary/aromatic N) is 2. The molecule has 0 radical (unpaired) electrons. The minimum atomic E-state index is -3.61. The SMILES string of the molecule is CNCC1CCCN(S(=O)(=O)c2ccc(C#N)cc2OC)C1. The van der Waals surface area contributed by atoms with Crippen molar-refractivity contribution >= 4 is 10.0 Å². The Hall–Kier alpha value is -1.62. The van der Waals surface area contributed by atoms with Gasteiger partial charge in [0.25, 0.3) is 0 Å². The fourth-order valence-electron chi connectivity index (χ4n) is 2.79. The standard InChI is InChI=1S/C15H21N3O3S/c1-17-10-13-4-3-7-18(11-13)22(19,20)15-6-5-12(9-16)8-14(15)21-2/h5-6,8,13,17H,3-4,7,10-11H2,1-2H3. The highest BCUT2D eigenvalue weighted by Gasteiger charge is 2.32. The van der Waals surface area contributed by atoms with Crippen LogP contribution in [0.25, 0.3) is 0 Å². The highest BCUT2D eigenvalue weighted by molar-refractivity contribution is 7.89. The molecule has 1 N–H and O–H groups in total. The number of nitrogens with one attached hydrogen (secondary N) is 1. The van der Waals surface area contributed by atoms with Gasteiger partial charge in [-0.15, -0.1) is 0 Å². The van der Waals surface area contributed by atoms with E-state index in [-0.39, 0.29) is 10.6 Å². The zero-order valence-corrected chi connectivity index (χ0v) is 13.7. The van der Waals surface area contributed by atoms with Crippen molar-refractivity contribution in [3.05, 3.63) is 23.8 Å². The van der Waals surface area contributed by atoms with Crippen molar-refractivity contribution in [2.75, 3.05) is 33.8 Å². The number of hydrogen-bond acceptors (Lipinski definition) is 5. The van der Waals surface area contributed by atoms with Crippen LogP contribution in [0.1, 0.15) is 18.4 Å². The lowest BCUT2D eigenvalue weighted by Gasteiger charge is -2.32. The van der Waals surface area contributed by atoms with Crippen molar-refractivity contribution in [1.82, 2.24) is 9.62 Å². The molecular formula is C15H21N3O3S. The molecule has 6 nitrogen and oxygen atoms in total. The molecule has 1 fully saturated rings. The zero-order chi connectivity index (χ0) is 16.2. The molecule has 1 saturated heterocycles. The van der Waals surface area contributed by atoms with Crippen LogP contribution in [0.4, 0.5) is 0 Å². The van der Waals surface area contributed by atoms with Gasteiger partial charge in [-0.1, -0.05) is 0 Å². The van der Waals surface area contributed by atoms with Crippen molar-refractivity contribution in [2.24, 2.45) is 5.92 Å². The number of ether oxygens (including phenoxy) is 1. The second-order valence-corrected chi connectivity index (χ2v) is 7.31. The molecule has 0 aliphatic carbocycles. The summed E-state index contributed by atoms with van der Waals surface area (Å²) in [4.78, 5) is 0.124. The largest absolute Gasteiger partial charge is 0.495 e. The van der Waals surface area contributed by atoms with Crippen LogP contribution in [0.5, 0.6) is 5.75 Å². The maximum absolute atomic E-state index is 12.9. The quantitative estimate of drug-likeness (QED) is 0.880. The summed E-state index contributed by atoms with van der Waals surface area (Å²) in [6.07, 6.45) is 1.88. The van der Waals surface area contributed by atoms with E-state index in [9.17, 15) is 8.42 Å². The fourth-order valence-corrected chi connectivity index (χ4v) is 4.48. The van der Waals surface area contributed by atoms with Crippen LogP contribution in [-0.2, 0) is 10.0 Å². The minimum absolute atomic E-state index is 0.124. The van der Waals surface area contributed by atoms with Crippen molar-refractivity contribution in [2.45, 2.75) is 17.7 Å². The molecule has 1 aliphatic heterocycles. The predicted octanol–water partition coefficient (Wildman–Crippen LogP) is 1.19. The topological polar surface area (TPSA) is 82.4 Å². The molecular weight excluding hydrogens is 302 g/mol. The summed E-state index contributed by atoms with van der Waals surface area (Å²) in [6.45, 7) is 1.83. The number of nitriles is 1. The van der Waals surface area contributed by atoms with Gasteiger partial charge < -0.3 is 10.1 Å². The third-order valence-electron chi connectivity index (χ3n) is 3.89. The lowest BCUT2D eigenvalue weighted by Crippen LogP contribution is -2.42. The molecule has 1 unspecified atom stereocenters. The molecule has 120 valence electrons. The van der Waals surface area contributed by atoms with Crippen LogP contribution in [0, 0.1) is 17.2 Å². The maximum Gasteiger partial charge on any atom is 0.246 e. The van der Waals surface area contributed by atoms with Crippen LogP contribution in [0.15, 0.2) is 23.1 Å². The number of piperidine rings is 1. The number of methoxy groups -OCH3 is 1. The Morgan fingerprint density at radius 1 is 1.50 bits per heavy atom. The monoisotopic (exact) mass is 323 g/mol. The highest BCUT2D eigenvalue weighted by Crippen LogP contribution is 2.30. The summed E-state index contributed by atoms with van der Waals surface area (Å²) < 4.78 is 32.4. The van der Waals surface area contributed by atoms with Crippen molar-refractivity contribution in [1.29, 1.82) is 5.26 Å². The fraction of sp³-hybridized carbons (Fsp3) is 0.533. The van der Waals surface area contributed by atoms with E-state index in [1.165, 1.54) is 29.6 Å².